The molecule has 0 fully saturated rings. The molecular weight excluding hydrogens is 206 g/mol. The van der Waals surface area contributed by atoms with Gasteiger partial charge in [0.15, 0.2) is 12.0 Å². The van der Waals surface area contributed by atoms with Crippen LogP contribution in [0, 0.1) is 0 Å². The highest BCUT2D eigenvalue weighted by Crippen LogP contribution is 2.18. The Morgan fingerprint density at radius 1 is 1.56 bits per heavy atom. The average molecular weight is 217 g/mol. The minimum atomic E-state index is -0.362. The number of hydrogen-bond donors (Lipinski definition) is 0. The molecule has 0 radical (unpaired) electrons. The molecule has 4 heteroatoms. The predicted octanol–water partition coefficient (Wildman–Crippen LogP) is 2.40. The van der Waals surface area contributed by atoms with E-state index in [2.05, 4.69) is 4.98 Å². The van der Waals surface area contributed by atoms with E-state index in [0.29, 0.717) is 12.2 Å². The van der Waals surface area contributed by atoms with Crippen molar-refractivity contribution in [3.8, 4) is 0 Å². The monoisotopic (exact) mass is 217 g/mol. The van der Waals surface area contributed by atoms with Crippen molar-refractivity contribution in [2.24, 2.45) is 0 Å². The van der Waals surface area contributed by atoms with Gasteiger partial charge in [-0.2, -0.15) is 0 Å². The molecule has 16 heavy (non-hydrogen) atoms. The molecule has 1 aromatic carbocycles. The van der Waals surface area contributed by atoms with Gasteiger partial charge in [0, 0.05) is 11.6 Å². The maximum Gasteiger partial charge on any atom is 0.330 e. The Balaban J connectivity index is 2.27. The second-order valence-electron chi connectivity index (χ2n) is 3.13. The van der Waals surface area contributed by atoms with Crippen LogP contribution >= 0.6 is 0 Å². The fraction of sp³-hybridized carbons (Fsp3) is 0.167. The van der Waals surface area contributed by atoms with Crippen molar-refractivity contribution in [3.63, 3.8) is 0 Å². The van der Waals surface area contributed by atoms with Crippen LogP contribution in [0.4, 0.5) is 0 Å². The number of carbonyl (C=O) groups is 1. The van der Waals surface area contributed by atoms with Gasteiger partial charge < -0.3 is 9.15 Å². The molecule has 4 nitrogen and oxygen atoms in total. The van der Waals surface area contributed by atoms with Crippen LogP contribution in [0.5, 0.6) is 0 Å². The Kier molecular flexibility index (Phi) is 3.00. The van der Waals surface area contributed by atoms with Gasteiger partial charge in [-0.05, 0) is 19.1 Å². The van der Waals surface area contributed by atoms with E-state index in [-0.39, 0.29) is 5.97 Å². The molecule has 1 heterocycles. The minimum absolute atomic E-state index is 0.362. The van der Waals surface area contributed by atoms with E-state index in [1.807, 2.05) is 18.2 Å². The lowest BCUT2D eigenvalue weighted by Crippen LogP contribution is -1.98. The smallest absolute Gasteiger partial charge is 0.330 e. The molecule has 82 valence electrons. The number of carbonyl (C=O) groups excluding carboxylic acids is 1. The molecule has 0 unspecified atom stereocenters. The zero-order valence-corrected chi connectivity index (χ0v) is 8.84. The van der Waals surface area contributed by atoms with E-state index in [1.54, 1.807) is 13.0 Å². The molecule has 0 saturated carbocycles. The van der Waals surface area contributed by atoms with E-state index >= 15 is 0 Å². The Morgan fingerprint density at radius 3 is 3.25 bits per heavy atom. The van der Waals surface area contributed by atoms with E-state index in [9.17, 15) is 4.79 Å². The van der Waals surface area contributed by atoms with Gasteiger partial charge >= 0.3 is 5.97 Å². The van der Waals surface area contributed by atoms with Crippen molar-refractivity contribution in [3.05, 3.63) is 36.2 Å². The number of aromatic nitrogens is 1. The van der Waals surface area contributed by atoms with Crippen LogP contribution in [-0.2, 0) is 9.53 Å². The number of esters is 1. The van der Waals surface area contributed by atoms with Crippen molar-refractivity contribution in [2.75, 3.05) is 6.61 Å². The maximum absolute atomic E-state index is 11.1. The summed E-state index contributed by atoms with van der Waals surface area (Å²) >= 11 is 0. The molecule has 0 saturated heterocycles. The Bertz CT molecular complexity index is 528. The van der Waals surface area contributed by atoms with Crippen molar-refractivity contribution >= 4 is 23.1 Å². The first-order valence-corrected chi connectivity index (χ1v) is 4.98. The van der Waals surface area contributed by atoms with Crippen LogP contribution < -0.4 is 0 Å². The molecule has 0 aliphatic carbocycles. The number of oxazole rings is 1. The van der Waals surface area contributed by atoms with Crippen LogP contribution in [0.15, 0.2) is 35.1 Å². The average Bonchev–Trinajstić information content (AvgIpc) is 2.75. The molecule has 0 bridgehead atoms. The number of para-hydroxylation sites is 1. The van der Waals surface area contributed by atoms with Gasteiger partial charge in [-0.25, -0.2) is 9.78 Å². The Hall–Kier alpha value is -2.10. The van der Waals surface area contributed by atoms with Crippen molar-refractivity contribution in [2.45, 2.75) is 6.92 Å². The molecule has 0 N–H and O–H groups in total. The lowest BCUT2D eigenvalue weighted by Gasteiger charge is -1.95. The van der Waals surface area contributed by atoms with E-state index in [0.717, 1.165) is 11.1 Å². The van der Waals surface area contributed by atoms with E-state index < -0.39 is 0 Å². The van der Waals surface area contributed by atoms with E-state index in [4.69, 9.17) is 9.15 Å². The zero-order valence-electron chi connectivity index (χ0n) is 8.84. The van der Waals surface area contributed by atoms with Gasteiger partial charge in [-0.15, -0.1) is 0 Å². The zero-order chi connectivity index (χ0) is 11.4. The first kappa shape index (κ1) is 10.4. The van der Waals surface area contributed by atoms with Crippen LogP contribution in [0.25, 0.3) is 17.2 Å². The third kappa shape index (κ3) is 2.11. The minimum Gasteiger partial charge on any atom is -0.463 e. The molecule has 0 spiro atoms. The molecule has 0 aliphatic heterocycles. The summed E-state index contributed by atoms with van der Waals surface area (Å²) in [4.78, 5) is 15.2. The van der Waals surface area contributed by atoms with Gasteiger partial charge in [-0.1, -0.05) is 12.1 Å². The van der Waals surface area contributed by atoms with Gasteiger partial charge in [0.05, 0.1) is 6.61 Å². The summed E-state index contributed by atoms with van der Waals surface area (Å²) in [5, 5.41) is 0. The van der Waals surface area contributed by atoms with Crippen molar-refractivity contribution in [1.82, 2.24) is 4.98 Å². The quantitative estimate of drug-likeness (QED) is 0.585. The van der Waals surface area contributed by atoms with Crippen LogP contribution in [0.3, 0.4) is 0 Å². The topological polar surface area (TPSA) is 52.3 Å². The summed E-state index contributed by atoms with van der Waals surface area (Å²) in [7, 11) is 0. The summed E-state index contributed by atoms with van der Waals surface area (Å²) in [5.74, 6) is -0.362. The molecular formula is C12H11NO3. The molecule has 0 aliphatic rings. The molecule has 1 aromatic heterocycles. The third-order valence-corrected chi connectivity index (χ3v) is 2.07. The van der Waals surface area contributed by atoms with Crippen molar-refractivity contribution in [1.29, 1.82) is 0 Å². The Morgan fingerprint density at radius 2 is 2.44 bits per heavy atom. The molecule has 0 amide bonds. The highest BCUT2D eigenvalue weighted by atomic mass is 16.5. The summed E-state index contributed by atoms with van der Waals surface area (Å²) < 4.78 is 10.0. The van der Waals surface area contributed by atoms with Gasteiger partial charge in [0.1, 0.15) is 5.52 Å². The maximum atomic E-state index is 11.1. The summed E-state index contributed by atoms with van der Waals surface area (Å²) in [6.45, 7) is 2.14. The van der Waals surface area contributed by atoms with E-state index in [1.165, 1.54) is 12.5 Å². The van der Waals surface area contributed by atoms with Gasteiger partial charge in [0.2, 0.25) is 0 Å². The summed E-state index contributed by atoms with van der Waals surface area (Å²) in [6.07, 6.45) is 4.42. The highest BCUT2D eigenvalue weighted by Gasteiger charge is 2.02. The number of fused-ring (bicyclic) bond motifs is 1. The predicted molar refractivity (Wildman–Crippen MR) is 59.7 cm³/mol. The largest absolute Gasteiger partial charge is 0.463 e. The first-order chi connectivity index (χ1) is 7.81. The van der Waals surface area contributed by atoms with Gasteiger partial charge in [0.25, 0.3) is 0 Å². The summed E-state index contributed by atoms with van der Waals surface area (Å²) in [5.41, 5.74) is 2.25. The number of benzene rings is 1. The second-order valence-corrected chi connectivity index (χ2v) is 3.13. The standard InChI is InChI=1S/C12H11NO3/c1-2-15-11(14)7-6-9-4-3-5-10-12(9)16-8-13-10/h3-8H,2H2,1H3/b7-6+. The van der Waals surface area contributed by atoms with Crippen molar-refractivity contribution < 1.29 is 13.9 Å². The number of ether oxygens (including phenoxy) is 1. The molecule has 2 aromatic rings. The number of hydrogen-bond acceptors (Lipinski definition) is 4. The Labute approximate surface area is 92.5 Å². The third-order valence-electron chi connectivity index (χ3n) is 2.07. The number of nitrogens with zero attached hydrogens (tertiary/aromatic N) is 1. The summed E-state index contributed by atoms with van der Waals surface area (Å²) in [6, 6.07) is 5.56. The molecule has 2 rings (SSSR count). The molecule has 0 atom stereocenters. The normalized spacial score (nSPS) is 11.1. The van der Waals surface area contributed by atoms with Crippen LogP contribution in [0.2, 0.25) is 0 Å². The van der Waals surface area contributed by atoms with Crippen LogP contribution in [0.1, 0.15) is 12.5 Å². The fourth-order valence-corrected chi connectivity index (χ4v) is 1.39. The lowest BCUT2D eigenvalue weighted by atomic mass is 10.2. The fourth-order valence-electron chi connectivity index (χ4n) is 1.39. The van der Waals surface area contributed by atoms with Crippen LogP contribution in [-0.4, -0.2) is 17.6 Å². The number of rotatable bonds is 3. The highest BCUT2D eigenvalue weighted by molar-refractivity contribution is 5.91. The first-order valence-electron chi connectivity index (χ1n) is 4.98. The van der Waals surface area contributed by atoms with Gasteiger partial charge in [-0.3, -0.25) is 0 Å². The lowest BCUT2D eigenvalue weighted by molar-refractivity contribution is -0.137. The SMILES string of the molecule is CCOC(=O)/C=C/c1cccc2ncoc12. The second kappa shape index (κ2) is 4.61.